The first-order chi connectivity index (χ1) is 11.3. The van der Waals surface area contributed by atoms with Crippen LogP contribution in [0.15, 0.2) is 30.5 Å². The zero-order chi connectivity index (χ0) is 17.7. The molecule has 0 aliphatic heterocycles. The van der Waals surface area contributed by atoms with Crippen LogP contribution in [0, 0.1) is 11.6 Å². The number of anilines is 1. The van der Waals surface area contributed by atoms with Gasteiger partial charge in [-0.1, -0.05) is 12.1 Å². The molecule has 0 fully saturated rings. The van der Waals surface area contributed by atoms with Crippen molar-refractivity contribution < 1.29 is 27.5 Å². The number of hydrogen-bond donors (Lipinski definition) is 2. The van der Waals surface area contributed by atoms with Gasteiger partial charge in [0.05, 0.1) is 12.8 Å². The molecule has 0 aliphatic rings. The molecule has 0 aliphatic carbocycles. The van der Waals surface area contributed by atoms with E-state index in [1.165, 1.54) is 31.2 Å². The summed E-state index contributed by atoms with van der Waals surface area (Å²) in [6.07, 6.45) is 0.255. The lowest BCUT2D eigenvalue weighted by atomic mass is 10.1. The molecule has 1 aromatic heterocycles. The van der Waals surface area contributed by atoms with Gasteiger partial charge < -0.3 is 9.63 Å². The second-order valence-electron chi connectivity index (χ2n) is 4.71. The average molecular weight is 359 g/mol. The molecule has 2 aromatic rings. The normalized spacial score (nSPS) is 14.7. The average Bonchev–Trinajstić information content (AvgIpc) is 2.51. The summed E-state index contributed by atoms with van der Waals surface area (Å²) in [5, 5.41) is 1.98. The summed E-state index contributed by atoms with van der Waals surface area (Å²) < 4.78 is 48.3. The predicted molar refractivity (Wildman–Crippen MR) is 82.5 cm³/mol. The molecule has 0 bridgehead atoms. The zero-order valence-corrected chi connectivity index (χ0v) is 13.8. The number of nitrogens with one attached hydrogen (secondary N) is 1. The highest BCUT2D eigenvalue weighted by molar-refractivity contribution is 7.54. The highest BCUT2D eigenvalue weighted by Gasteiger charge is 2.22. The van der Waals surface area contributed by atoms with E-state index in [0.717, 1.165) is 6.20 Å². The summed E-state index contributed by atoms with van der Waals surface area (Å²) in [4.78, 5) is 16.9. The summed E-state index contributed by atoms with van der Waals surface area (Å²) in [6, 6.07) is 5.39. The van der Waals surface area contributed by atoms with E-state index in [1.807, 2.05) is 5.09 Å². The van der Waals surface area contributed by atoms with Gasteiger partial charge >= 0.3 is 13.8 Å². The molecule has 2 unspecified atom stereocenters. The Balaban J connectivity index is 2.15. The standard InChI is InChI=1S/C14H16F2N3O4P/c1-3-22-24(20,21)19-13-12(16)8-17-14(18-13)23-9(2)10-4-6-11(15)7-5-10/h4-9H,3H2,1-2H3,(H2,17,18,19,20,21). The summed E-state index contributed by atoms with van der Waals surface area (Å²) in [5.74, 6) is -1.85. The number of rotatable bonds is 7. The number of halogens is 2. The van der Waals surface area contributed by atoms with E-state index in [4.69, 9.17) is 4.74 Å². The summed E-state index contributed by atoms with van der Waals surface area (Å²) in [7, 11) is -4.24. The fraction of sp³-hybridized carbons (Fsp3) is 0.286. The SMILES string of the molecule is CCOP(=O)(O)Nc1nc(OC(C)c2ccc(F)cc2)ncc1F. The molecule has 0 amide bonds. The van der Waals surface area contributed by atoms with Gasteiger partial charge in [0.15, 0.2) is 11.6 Å². The Labute approximate surface area is 137 Å². The van der Waals surface area contributed by atoms with Gasteiger partial charge in [0, 0.05) is 0 Å². The van der Waals surface area contributed by atoms with E-state index in [2.05, 4.69) is 14.5 Å². The third-order valence-electron chi connectivity index (χ3n) is 2.89. The molecular weight excluding hydrogens is 343 g/mol. The number of benzene rings is 1. The lowest BCUT2D eigenvalue weighted by Crippen LogP contribution is -2.09. The van der Waals surface area contributed by atoms with Crippen LogP contribution in [-0.2, 0) is 9.09 Å². The van der Waals surface area contributed by atoms with Crippen LogP contribution in [0.4, 0.5) is 14.6 Å². The van der Waals surface area contributed by atoms with Crippen LogP contribution in [-0.4, -0.2) is 21.5 Å². The number of hydrogen-bond acceptors (Lipinski definition) is 5. The topological polar surface area (TPSA) is 93.6 Å². The maximum atomic E-state index is 13.7. The first-order valence-electron chi connectivity index (χ1n) is 7.01. The molecule has 10 heteroatoms. The number of ether oxygens (including phenoxy) is 1. The minimum absolute atomic E-state index is 0.0432. The Bertz CT molecular complexity index is 745. The van der Waals surface area contributed by atoms with Crippen molar-refractivity contribution in [3.63, 3.8) is 0 Å². The Morgan fingerprint density at radius 2 is 2.00 bits per heavy atom. The minimum atomic E-state index is -4.24. The van der Waals surface area contributed by atoms with Crippen molar-refractivity contribution in [2.75, 3.05) is 11.7 Å². The van der Waals surface area contributed by atoms with Gasteiger partial charge in [0.2, 0.25) is 0 Å². The smallest absolute Gasteiger partial charge is 0.431 e. The highest BCUT2D eigenvalue weighted by Crippen LogP contribution is 2.41. The highest BCUT2D eigenvalue weighted by atomic mass is 31.2. The van der Waals surface area contributed by atoms with Crippen molar-refractivity contribution in [3.05, 3.63) is 47.7 Å². The first-order valence-corrected chi connectivity index (χ1v) is 8.58. The first kappa shape index (κ1) is 18.3. The van der Waals surface area contributed by atoms with Gasteiger partial charge in [0.25, 0.3) is 0 Å². The summed E-state index contributed by atoms with van der Waals surface area (Å²) >= 11 is 0. The van der Waals surface area contributed by atoms with Crippen LogP contribution in [0.2, 0.25) is 0 Å². The fourth-order valence-electron chi connectivity index (χ4n) is 1.79. The van der Waals surface area contributed by atoms with Crippen molar-refractivity contribution in [1.29, 1.82) is 0 Å². The van der Waals surface area contributed by atoms with Crippen LogP contribution >= 0.6 is 7.75 Å². The van der Waals surface area contributed by atoms with E-state index < -0.39 is 25.5 Å². The van der Waals surface area contributed by atoms with Crippen LogP contribution in [0.3, 0.4) is 0 Å². The molecule has 1 aromatic carbocycles. The molecule has 7 nitrogen and oxygen atoms in total. The lowest BCUT2D eigenvalue weighted by molar-refractivity contribution is 0.207. The maximum absolute atomic E-state index is 13.7. The van der Waals surface area contributed by atoms with Gasteiger partial charge in [-0.2, -0.15) is 4.98 Å². The van der Waals surface area contributed by atoms with E-state index in [9.17, 15) is 18.2 Å². The molecule has 2 rings (SSSR count). The minimum Gasteiger partial charge on any atom is -0.456 e. The monoisotopic (exact) mass is 359 g/mol. The predicted octanol–water partition coefficient (Wildman–Crippen LogP) is 3.44. The molecule has 24 heavy (non-hydrogen) atoms. The Hall–Kier alpha value is -2.09. The van der Waals surface area contributed by atoms with Gasteiger partial charge in [0.1, 0.15) is 11.9 Å². The fourth-order valence-corrected chi connectivity index (χ4v) is 2.63. The van der Waals surface area contributed by atoms with Crippen molar-refractivity contribution >= 4 is 13.6 Å². The van der Waals surface area contributed by atoms with Crippen LogP contribution in [0.25, 0.3) is 0 Å². The van der Waals surface area contributed by atoms with E-state index in [-0.39, 0.29) is 18.4 Å². The quantitative estimate of drug-likeness (QED) is 0.732. The third-order valence-corrected chi connectivity index (χ3v) is 4.00. The van der Waals surface area contributed by atoms with Crippen LogP contribution < -0.4 is 9.82 Å². The molecule has 130 valence electrons. The Kier molecular flexibility index (Phi) is 5.82. The van der Waals surface area contributed by atoms with Gasteiger partial charge in [-0.05, 0) is 31.5 Å². The lowest BCUT2D eigenvalue weighted by Gasteiger charge is -2.16. The largest absolute Gasteiger partial charge is 0.456 e. The molecule has 0 radical (unpaired) electrons. The third kappa shape index (κ3) is 4.95. The molecular formula is C14H16F2N3O4P. The van der Waals surface area contributed by atoms with E-state index in [0.29, 0.717) is 5.56 Å². The summed E-state index contributed by atoms with van der Waals surface area (Å²) in [5.41, 5.74) is 0.654. The number of nitrogens with zero attached hydrogens (tertiary/aromatic N) is 2. The van der Waals surface area contributed by atoms with Crippen molar-refractivity contribution in [2.45, 2.75) is 20.0 Å². The molecule has 2 atom stereocenters. The Morgan fingerprint density at radius 1 is 1.33 bits per heavy atom. The second kappa shape index (κ2) is 7.65. The Morgan fingerprint density at radius 3 is 2.62 bits per heavy atom. The summed E-state index contributed by atoms with van der Waals surface area (Å²) in [6.45, 7) is 3.14. The molecule has 0 saturated carbocycles. The maximum Gasteiger partial charge on any atom is 0.431 e. The van der Waals surface area contributed by atoms with Crippen molar-refractivity contribution in [1.82, 2.24) is 9.97 Å². The molecule has 1 heterocycles. The molecule has 2 N–H and O–H groups in total. The van der Waals surface area contributed by atoms with Crippen molar-refractivity contribution in [2.24, 2.45) is 0 Å². The molecule has 0 saturated heterocycles. The van der Waals surface area contributed by atoms with Crippen LogP contribution in [0.1, 0.15) is 25.5 Å². The van der Waals surface area contributed by atoms with Gasteiger partial charge in [-0.25, -0.2) is 18.3 Å². The molecule has 0 spiro atoms. The zero-order valence-electron chi connectivity index (χ0n) is 12.9. The second-order valence-corrected chi connectivity index (χ2v) is 6.23. The van der Waals surface area contributed by atoms with E-state index >= 15 is 0 Å². The van der Waals surface area contributed by atoms with Crippen molar-refractivity contribution in [3.8, 4) is 6.01 Å². The van der Waals surface area contributed by atoms with E-state index in [1.54, 1.807) is 6.92 Å². The van der Waals surface area contributed by atoms with Crippen LogP contribution in [0.5, 0.6) is 6.01 Å². The van der Waals surface area contributed by atoms with Gasteiger partial charge in [-0.15, -0.1) is 0 Å². The van der Waals surface area contributed by atoms with Gasteiger partial charge in [-0.3, -0.25) is 9.61 Å². The number of aromatic nitrogens is 2.